The first-order valence-corrected chi connectivity index (χ1v) is 10.9. The van der Waals surface area contributed by atoms with Crippen LogP contribution in [0, 0.1) is 0 Å². The molecule has 1 N–H and O–H groups in total. The summed E-state index contributed by atoms with van der Waals surface area (Å²) in [7, 11) is 0.479. The molecule has 2 rings (SSSR count). The van der Waals surface area contributed by atoms with Crippen molar-refractivity contribution in [3.05, 3.63) is 59.7 Å². The third-order valence-electron chi connectivity index (χ3n) is 4.61. The molecule has 28 heavy (non-hydrogen) atoms. The molecule has 0 saturated heterocycles. The van der Waals surface area contributed by atoms with E-state index < -0.39 is 10.0 Å². The Morgan fingerprint density at radius 2 is 1.50 bits per heavy atom. The summed E-state index contributed by atoms with van der Waals surface area (Å²) in [6, 6.07) is 14.3. The van der Waals surface area contributed by atoms with Gasteiger partial charge in [-0.05, 0) is 48.4 Å². The second kappa shape index (κ2) is 9.71. The molecular formula is C21H29N3O3S. The first-order valence-electron chi connectivity index (χ1n) is 9.44. The van der Waals surface area contributed by atoms with Gasteiger partial charge in [0.1, 0.15) is 0 Å². The van der Waals surface area contributed by atoms with Gasteiger partial charge in [-0.25, -0.2) is 8.42 Å². The van der Waals surface area contributed by atoms with Crippen molar-refractivity contribution >= 4 is 21.6 Å². The number of hydrogen-bond donors (Lipinski definition) is 1. The van der Waals surface area contributed by atoms with Crippen LogP contribution in [-0.4, -0.2) is 52.4 Å². The van der Waals surface area contributed by atoms with Crippen molar-refractivity contribution in [2.45, 2.75) is 25.2 Å². The minimum atomic E-state index is -3.51. The minimum Gasteiger partial charge on any atom is -0.378 e. The van der Waals surface area contributed by atoms with E-state index in [1.54, 1.807) is 26.0 Å². The van der Waals surface area contributed by atoms with Gasteiger partial charge in [0.25, 0.3) is 5.91 Å². The molecule has 0 fully saturated rings. The van der Waals surface area contributed by atoms with Gasteiger partial charge in [0.2, 0.25) is 10.0 Å². The predicted octanol–water partition coefficient (Wildman–Crippen LogP) is 2.76. The van der Waals surface area contributed by atoms with E-state index in [0.717, 1.165) is 17.7 Å². The van der Waals surface area contributed by atoms with Crippen molar-refractivity contribution in [2.75, 3.05) is 38.6 Å². The zero-order chi connectivity index (χ0) is 20.7. The van der Waals surface area contributed by atoms with Crippen LogP contribution in [0.2, 0.25) is 0 Å². The van der Waals surface area contributed by atoms with E-state index in [9.17, 15) is 13.2 Å². The molecule has 0 spiro atoms. The van der Waals surface area contributed by atoms with Gasteiger partial charge in [-0.15, -0.1) is 0 Å². The van der Waals surface area contributed by atoms with Gasteiger partial charge >= 0.3 is 0 Å². The van der Waals surface area contributed by atoms with Crippen LogP contribution in [0.4, 0.5) is 5.69 Å². The standard InChI is InChI=1S/C21H29N3O3S/c1-5-24(6-2)28(26,27)20-13-9-18(10-14-20)21(25)22-16-15-17-7-11-19(12-8-17)23(3)4/h7-14H,5-6,15-16H2,1-4H3,(H,22,25). The molecule has 0 bridgehead atoms. The molecule has 152 valence electrons. The number of amides is 1. The molecule has 6 nitrogen and oxygen atoms in total. The normalized spacial score (nSPS) is 11.5. The highest BCUT2D eigenvalue weighted by atomic mass is 32.2. The molecule has 1 amide bonds. The van der Waals surface area contributed by atoms with Crippen molar-refractivity contribution in [2.24, 2.45) is 0 Å². The van der Waals surface area contributed by atoms with Crippen LogP contribution in [0.1, 0.15) is 29.8 Å². The van der Waals surface area contributed by atoms with Crippen molar-refractivity contribution in [3.8, 4) is 0 Å². The average Bonchev–Trinajstić information content (AvgIpc) is 2.69. The average molecular weight is 404 g/mol. The number of nitrogens with zero attached hydrogens (tertiary/aromatic N) is 2. The summed E-state index contributed by atoms with van der Waals surface area (Å²) >= 11 is 0. The summed E-state index contributed by atoms with van der Waals surface area (Å²) in [5.41, 5.74) is 2.72. The fourth-order valence-corrected chi connectivity index (χ4v) is 4.33. The van der Waals surface area contributed by atoms with Crippen LogP contribution in [0.15, 0.2) is 53.4 Å². The molecule has 2 aromatic rings. The lowest BCUT2D eigenvalue weighted by atomic mass is 10.1. The molecule has 0 aromatic heterocycles. The lowest BCUT2D eigenvalue weighted by Gasteiger charge is -2.18. The SMILES string of the molecule is CCN(CC)S(=O)(=O)c1ccc(C(=O)NCCc2ccc(N(C)C)cc2)cc1. The molecule has 0 aliphatic rings. The molecular weight excluding hydrogens is 374 g/mol. The predicted molar refractivity (Wildman–Crippen MR) is 113 cm³/mol. The van der Waals surface area contributed by atoms with E-state index in [0.29, 0.717) is 25.2 Å². The van der Waals surface area contributed by atoms with Gasteiger partial charge in [-0.2, -0.15) is 4.31 Å². The Hall–Kier alpha value is -2.38. The number of rotatable bonds is 9. The lowest BCUT2D eigenvalue weighted by Crippen LogP contribution is -2.30. The maximum atomic E-state index is 12.5. The molecule has 0 heterocycles. The van der Waals surface area contributed by atoms with E-state index in [2.05, 4.69) is 5.32 Å². The van der Waals surface area contributed by atoms with E-state index in [-0.39, 0.29) is 10.8 Å². The van der Waals surface area contributed by atoms with E-state index in [1.165, 1.54) is 16.4 Å². The van der Waals surface area contributed by atoms with Crippen molar-refractivity contribution in [1.82, 2.24) is 9.62 Å². The minimum absolute atomic E-state index is 0.203. The smallest absolute Gasteiger partial charge is 0.251 e. The Labute approximate surface area is 168 Å². The van der Waals surface area contributed by atoms with Crippen LogP contribution in [0.5, 0.6) is 0 Å². The summed E-state index contributed by atoms with van der Waals surface area (Å²) in [5, 5.41) is 2.88. The summed E-state index contributed by atoms with van der Waals surface area (Å²) in [6.07, 6.45) is 0.730. The second-order valence-electron chi connectivity index (χ2n) is 6.68. The maximum absolute atomic E-state index is 12.5. The van der Waals surface area contributed by atoms with Gasteiger partial charge < -0.3 is 10.2 Å². The fourth-order valence-electron chi connectivity index (χ4n) is 2.87. The molecule has 0 unspecified atom stereocenters. The first kappa shape index (κ1) is 21.9. The first-order chi connectivity index (χ1) is 13.3. The summed E-state index contributed by atoms with van der Waals surface area (Å²) < 4.78 is 26.4. The van der Waals surface area contributed by atoms with Crippen molar-refractivity contribution in [1.29, 1.82) is 0 Å². The fraction of sp³-hybridized carbons (Fsp3) is 0.381. The highest BCUT2D eigenvalue weighted by Gasteiger charge is 2.21. The van der Waals surface area contributed by atoms with E-state index in [1.807, 2.05) is 43.3 Å². The number of benzene rings is 2. The maximum Gasteiger partial charge on any atom is 0.251 e. The molecule has 0 aliphatic carbocycles. The van der Waals surface area contributed by atoms with Crippen LogP contribution in [-0.2, 0) is 16.4 Å². The van der Waals surface area contributed by atoms with Gasteiger partial charge in [0, 0.05) is 45.0 Å². The molecule has 0 radical (unpaired) electrons. The molecule has 2 aromatic carbocycles. The summed E-state index contributed by atoms with van der Waals surface area (Å²) in [6.45, 7) is 4.95. The number of hydrogen-bond acceptors (Lipinski definition) is 4. The van der Waals surface area contributed by atoms with Crippen LogP contribution in [0.25, 0.3) is 0 Å². The van der Waals surface area contributed by atoms with Gasteiger partial charge in [0.15, 0.2) is 0 Å². The Morgan fingerprint density at radius 3 is 2.00 bits per heavy atom. The Morgan fingerprint density at radius 1 is 0.929 bits per heavy atom. The van der Waals surface area contributed by atoms with Crippen molar-refractivity contribution < 1.29 is 13.2 Å². The van der Waals surface area contributed by atoms with E-state index >= 15 is 0 Å². The number of carbonyl (C=O) groups is 1. The van der Waals surface area contributed by atoms with Crippen LogP contribution < -0.4 is 10.2 Å². The molecule has 0 saturated carbocycles. The zero-order valence-electron chi connectivity index (χ0n) is 17.0. The number of nitrogens with one attached hydrogen (secondary N) is 1. The zero-order valence-corrected chi connectivity index (χ0v) is 17.8. The Bertz CT molecular complexity index is 872. The third-order valence-corrected chi connectivity index (χ3v) is 6.68. The monoisotopic (exact) mass is 403 g/mol. The largest absolute Gasteiger partial charge is 0.378 e. The third kappa shape index (κ3) is 5.33. The molecule has 0 atom stereocenters. The quantitative estimate of drug-likeness (QED) is 0.699. The second-order valence-corrected chi connectivity index (χ2v) is 8.62. The van der Waals surface area contributed by atoms with Crippen LogP contribution in [0.3, 0.4) is 0 Å². The van der Waals surface area contributed by atoms with Gasteiger partial charge in [-0.1, -0.05) is 26.0 Å². The molecule has 7 heteroatoms. The number of carbonyl (C=O) groups excluding carboxylic acids is 1. The van der Waals surface area contributed by atoms with E-state index in [4.69, 9.17) is 0 Å². The highest BCUT2D eigenvalue weighted by molar-refractivity contribution is 7.89. The van der Waals surface area contributed by atoms with Gasteiger partial charge in [0.05, 0.1) is 4.90 Å². The Balaban J connectivity index is 1.94. The molecule has 0 aliphatic heterocycles. The lowest BCUT2D eigenvalue weighted by molar-refractivity contribution is 0.0954. The summed E-state index contributed by atoms with van der Waals surface area (Å²) in [4.78, 5) is 14.5. The van der Waals surface area contributed by atoms with Crippen molar-refractivity contribution in [3.63, 3.8) is 0 Å². The highest BCUT2D eigenvalue weighted by Crippen LogP contribution is 2.16. The number of anilines is 1. The Kier molecular flexibility index (Phi) is 7.60. The number of sulfonamides is 1. The van der Waals surface area contributed by atoms with Gasteiger partial charge in [-0.3, -0.25) is 4.79 Å². The topological polar surface area (TPSA) is 69.7 Å². The van der Waals surface area contributed by atoms with Crippen LogP contribution >= 0.6 is 0 Å². The summed E-state index contributed by atoms with van der Waals surface area (Å²) in [5.74, 6) is -0.211.